The molecule has 2 aromatic carbocycles. The average molecular weight is 226 g/mol. The predicted molar refractivity (Wildman–Crippen MR) is 73.8 cm³/mol. The molecule has 2 nitrogen and oxygen atoms in total. The molecule has 88 valence electrons. The van der Waals surface area contributed by atoms with Gasteiger partial charge in [-0.25, -0.2) is 0 Å². The number of hydrogen-bond acceptors (Lipinski definition) is 2. The van der Waals surface area contributed by atoms with Gasteiger partial charge in [0.25, 0.3) is 0 Å². The van der Waals surface area contributed by atoms with Crippen molar-refractivity contribution in [2.45, 2.75) is 13.3 Å². The number of anilines is 1. The van der Waals surface area contributed by atoms with Crippen LogP contribution in [0.5, 0.6) is 0 Å². The molecule has 0 spiro atoms. The minimum atomic E-state index is 0.680. The lowest BCUT2D eigenvalue weighted by molar-refractivity contribution is 0.969. The van der Waals surface area contributed by atoms with Crippen LogP contribution in [0.25, 0.3) is 11.1 Å². The first-order valence-corrected chi connectivity index (χ1v) is 5.86. The zero-order valence-electron chi connectivity index (χ0n) is 10.1. The Kier molecular flexibility index (Phi) is 3.45. The quantitative estimate of drug-likeness (QED) is 0.791. The lowest BCUT2D eigenvalue weighted by Crippen LogP contribution is -2.02. The maximum Gasteiger partial charge on any atom is 0.0320 e. The number of nitrogen functional groups attached to an aromatic ring is 1. The van der Waals surface area contributed by atoms with Crippen LogP contribution in [0.4, 0.5) is 5.69 Å². The number of hydrogen-bond donors (Lipinski definition) is 2. The third-order valence-electron chi connectivity index (χ3n) is 2.93. The molecule has 4 N–H and O–H groups in total. The summed E-state index contributed by atoms with van der Waals surface area (Å²) < 4.78 is 0. The lowest BCUT2D eigenvalue weighted by atomic mass is 9.97. The Balaban J connectivity index is 2.45. The summed E-state index contributed by atoms with van der Waals surface area (Å²) in [6.07, 6.45) is 0.912. The first-order valence-electron chi connectivity index (χ1n) is 5.86. The molecule has 17 heavy (non-hydrogen) atoms. The number of aryl methyl sites for hydroxylation is 1. The van der Waals surface area contributed by atoms with Crippen molar-refractivity contribution in [2.24, 2.45) is 5.73 Å². The molecule has 0 heterocycles. The molecule has 0 aliphatic heterocycles. The molecule has 0 bridgehead atoms. The average Bonchev–Trinajstić information content (AvgIpc) is 2.33. The first kappa shape index (κ1) is 11.7. The Morgan fingerprint density at radius 2 is 1.88 bits per heavy atom. The summed E-state index contributed by atoms with van der Waals surface area (Å²) in [5.41, 5.74) is 17.1. The molecule has 0 aromatic heterocycles. The number of benzene rings is 2. The fourth-order valence-electron chi connectivity index (χ4n) is 2.01. The van der Waals surface area contributed by atoms with Crippen molar-refractivity contribution in [3.8, 4) is 11.1 Å². The minimum absolute atomic E-state index is 0.680. The lowest BCUT2D eigenvalue weighted by Gasteiger charge is -2.09. The highest BCUT2D eigenvalue weighted by molar-refractivity contribution is 5.71. The van der Waals surface area contributed by atoms with Crippen LogP contribution < -0.4 is 11.5 Å². The van der Waals surface area contributed by atoms with Gasteiger partial charge < -0.3 is 11.5 Å². The van der Waals surface area contributed by atoms with E-state index in [9.17, 15) is 0 Å². The summed E-state index contributed by atoms with van der Waals surface area (Å²) in [4.78, 5) is 0. The van der Waals surface area contributed by atoms with Gasteiger partial charge in [0.15, 0.2) is 0 Å². The Morgan fingerprint density at radius 1 is 1.06 bits per heavy atom. The van der Waals surface area contributed by atoms with E-state index in [1.165, 1.54) is 22.3 Å². The molecular weight excluding hydrogens is 208 g/mol. The smallest absolute Gasteiger partial charge is 0.0320 e. The van der Waals surface area contributed by atoms with Gasteiger partial charge in [-0.2, -0.15) is 0 Å². The Hall–Kier alpha value is -1.80. The van der Waals surface area contributed by atoms with Gasteiger partial charge in [-0.05, 0) is 54.3 Å². The summed E-state index contributed by atoms with van der Waals surface area (Å²) in [6.45, 7) is 2.78. The highest BCUT2D eigenvalue weighted by atomic mass is 14.5. The topological polar surface area (TPSA) is 52.0 Å². The molecule has 0 aliphatic rings. The monoisotopic (exact) mass is 226 g/mol. The normalized spacial score (nSPS) is 10.5. The number of nitrogens with two attached hydrogens (primary N) is 2. The molecule has 0 fully saturated rings. The van der Waals surface area contributed by atoms with Gasteiger partial charge in [-0.1, -0.05) is 30.3 Å². The zero-order chi connectivity index (χ0) is 12.3. The molecule has 0 aliphatic carbocycles. The summed E-state index contributed by atoms with van der Waals surface area (Å²) in [7, 11) is 0. The molecule has 2 rings (SSSR count). The van der Waals surface area contributed by atoms with E-state index < -0.39 is 0 Å². The third-order valence-corrected chi connectivity index (χ3v) is 2.93. The maximum atomic E-state index is 5.84. The fourth-order valence-corrected chi connectivity index (χ4v) is 2.01. The molecular formula is C15H18N2. The molecule has 0 atom stereocenters. The SMILES string of the molecule is Cc1ccc(N)cc1-c1cccc(CCN)c1. The van der Waals surface area contributed by atoms with E-state index >= 15 is 0 Å². The number of rotatable bonds is 3. The Labute approximate surface area is 102 Å². The van der Waals surface area contributed by atoms with Crippen molar-refractivity contribution in [1.29, 1.82) is 0 Å². The van der Waals surface area contributed by atoms with Crippen molar-refractivity contribution in [2.75, 3.05) is 12.3 Å². The standard InChI is InChI=1S/C15H18N2/c1-11-5-6-14(17)10-15(11)13-4-2-3-12(9-13)7-8-16/h2-6,9-10H,7-8,16-17H2,1H3. The van der Waals surface area contributed by atoms with E-state index in [-0.39, 0.29) is 0 Å². The van der Waals surface area contributed by atoms with Crippen LogP contribution in [0.2, 0.25) is 0 Å². The van der Waals surface area contributed by atoms with Gasteiger partial charge in [0.05, 0.1) is 0 Å². The van der Waals surface area contributed by atoms with Gasteiger partial charge >= 0.3 is 0 Å². The van der Waals surface area contributed by atoms with Crippen molar-refractivity contribution in [3.63, 3.8) is 0 Å². The van der Waals surface area contributed by atoms with Gasteiger partial charge in [-0.3, -0.25) is 0 Å². The summed E-state index contributed by atoms with van der Waals surface area (Å²) >= 11 is 0. The van der Waals surface area contributed by atoms with Crippen molar-refractivity contribution in [1.82, 2.24) is 0 Å². The van der Waals surface area contributed by atoms with Crippen molar-refractivity contribution >= 4 is 5.69 Å². The third kappa shape index (κ3) is 2.66. The molecule has 0 radical (unpaired) electrons. The van der Waals surface area contributed by atoms with Crippen LogP contribution in [-0.2, 0) is 6.42 Å². The van der Waals surface area contributed by atoms with Gasteiger partial charge in [0.1, 0.15) is 0 Å². The fraction of sp³-hybridized carbons (Fsp3) is 0.200. The second-order valence-corrected chi connectivity index (χ2v) is 4.31. The van der Waals surface area contributed by atoms with E-state index in [0.29, 0.717) is 6.54 Å². The predicted octanol–water partition coefficient (Wildman–Crippen LogP) is 2.75. The van der Waals surface area contributed by atoms with Crippen LogP contribution in [0.3, 0.4) is 0 Å². The second-order valence-electron chi connectivity index (χ2n) is 4.31. The summed E-state index contributed by atoms with van der Waals surface area (Å²) in [5, 5.41) is 0. The van der Waals surface area contributed by atoms with Crippen molar-refractivity contribution in [3.05, 3.63) is 53.6 Å². The van der Waals surface area contributed by atoms with Gasteiger partial charge in [0, 0.05) is 5.69 Å². The Morgan fingerprint density at radius 3 is 2.65 bits per heavy atom. The van der Waals surface area contributed by atoms with Crippen molar-refractivity contribution < 1.29 is 0 Å². The highest BCUT2D eigenvalue weighted by Gasteiger charge is 2.03. The second kappa shape index (κ2) is 5.02. The maximum absolute atomic E-state index is 5.84. The summed E-state index contributed by atoms with van der Waals surface area (Å²) in [6, 6.07) is 14.5. The van der Waals surface area contributed by atoms with Gasteiger partial charge in [0.2, 0.25) is 0 Å². The minimum Gasteiger partial charge on any atom is -0.399 e. The first-order chi connectivity index (χ1) is 8.20. The van der Waals surface area contributed by atoms with Crippen LogP contribution in [0.15, 0.2) is 42.5 Å². The van der Waals surface area contributed by atoms with Gasteiger partial charge in [-0.15, -0.1) is 0 Å². The van der Waals surface area contributed by atoms with Crippen LogP contribution in [0.1, 0.15) is 11.1 Å². The zero-order valence-corrected chi connectivity index (χ0v) is 10.1. The summed E-state index contributed by atoms with van der Waals surface area (Å²) in [5.74, 6) is 0. The molecule has 0 amide bonds. The largest absolute Gasteiger partial charge is 0.399 e. The molecule has 2 aromatic rings. The van der Waals surface area contributed by atoms with Crippen LogP contribution in [0, 0.1) is 6.92 Å². The van der Waals surface area contributed by atoms with E-state index in [0.717, 1.165) is 12.1 Å². The van der Waals surface area contributed by atoms with Crippen LogP contribution >= 0.6 is 0 Å². The van der Waals surface area contributed by atoms with Crippen LogP contribution in [-0.4, -0.2) is 6.54 Å². The van der Waals surface area contributed by atoms with E-state index in [4.69, 9.17) is 11.5 Å². The molecule has 0 saturated carbocycles. The van der Waals surface area contributed by atoms with E-state index in [1.54, 1.807) is 0 Å². The molecule has 2 heteroatoms. The molecule has 0 saturated heterocycles. The van der Waals surface area contributed by atoms with E-state index in [1.807, 2.05) is 12.1 Å². The highest BCUT2D eigenvalue weighted by Crippen LogP contribution is 2.26. The molecule has 0 unspecified atom stereocenters. The Bertz CT molecular complexity index is 518. The van der Waals surface area contributed by atoms with E-state index in [2.05, 4.69) is 37.3 Å².